The monoisotopic (exact) mass is 291 g/mol. The van der Waals surface area contributed by atoms with E-state index in [2.05, 4.69) is 0 Å². The fourth-order valence-electron chi connectivity index (χ4n) is 2.87. The number of rotatable bonds is 2. The van der Waals surface area contributed by atoms with Crippen molar-refractivity contribution in [3.05, 3.63) is 41.5 Å². The molecule has 4 nitrogen and oxygen atoms in total. The van der Waals surface area contributed by atoms with E-state index in [0.717, 1.165) is 17.6 Å². The Bertz CT molecular complexity index is 674. The number of nitrogens with zero attached hydrogens (tertiary/aromatic N) is 1. The molecule has 106 valence electrons. The number of allylic oxidation sites excluding steroid dienone is 1. The predicted octanol–water partition coefficient (Wildman–Crippen LogP) is 1.90. The molecule has 0 bridgehead atoms. The highest BCUT2D eigenvalue weighted by atomic mass is 32.2. The average Bonchev–Trinajstić information content (AvgIpc) is 2.78. The molecule has 1 heterocycles. The molecule has 0 amide bonds. The first-order valence-electron chi connectivity index (χ1n) is 6.77. The zero-order valence-corrected chi connectivity index (χ0v) is 12.2. The minimum Gasteiger partial charge on any atom is -0.295 e. The van der Waals surface area contributed by atoms with Gasteiger partial charge >= 0.3 is 0 Å². The van der Waals surface area contributed by atoms with Crippen LogP contribution in [0.15, 0.2) is 40.8 Å². The predicted molar refractivity (Wildman–Crippen MR) is 75.8 cm³/mol. The van der Waals surface area contributed by atoms with Crippen molar-refractivity contribution >= 4 is 15.8 Å². The Balaban J connectivity index is 1.87. The molecule has 1 aromatic rings. The van der Waals surface area contributed by atoms with Crippen molar-refractivity contribution in [2.24, 2.45) is 5.92 Å². The van der Waals surface area contributed by atoms with Crippen LogP contribution in [0.2, 0.25) is 0 Å². The molecule has 2 aliphatic rings. The van der Waals surface area contributed by atoms with Crippen LogP contribution in [-0.4, -0.2) is 31.6 Å². The molecule has 0 spiro atoms. The number of benzene rings is 1. The molecule has 0 saturated carbocycles. The number of hydrogen-bond acceptors (Lipinski definition) is 3. The highest BCUT2D eigenvalue weighted by Gasteiger charge is 2.35. The summed E-state index contributed by atoms with van der Waals surface area (Å²) in [4.78, 5) is 11.8. The van der Waals surface area contributed by atoms with Gasteiger partial charge in [0.15, 0.2) is 5.78 Å². The molecule has 1 unspecified atom stereocenters. The summed E-state index contributed by atoms with van der Waals surface area (Å²) in [6.45, 7) is 2.77. The van der Waals surface area contributed by atoms with Gasteiger partial charge in [-0.25, -0.2) is 8.42 Å². The van der Waals surface area contributed by atoms with E-state index in [1.165, 1.54) is 4.31 Å². The topological polar surface area (TPSA) is 54.5 Å². The lowest BCUT2D eigenvalue weighted by atomic mass is 9.95. The van der Waals surface area contributed by atoms with Crippen molar-refractivity contribution in [1.29, 1.82) is 0 Å². The normalized spacial score (nSPS) is 23.6. The SMILES string of the molecule is Cc1ccc(S(=O)(=O)N2CCC3CC(=O)C=C3C2)cc1. The van der Waals surface area contributed by atoms with Crippen molar-refractivity contribution < 1.29 is 13.2 Å². The second kappa shape index (κ2) is 4.82. The highest BCUT2D eigenvalue weighted by molar-refractivity contribution is 7.89. The number of piperidine rings is 1. The van der Waals surface area contributed by atoms with Crippen LogP contribution >= 0.6 is 0 Å². The molecular formula is C15H17NO3S. The Labute approximate surface area is 119 Å². The third-order valence-corrected chi connectivity index (χ3v) is 5.92. The number of hydrogen-bond donors (Lipinski definition) is 0. The highest BCUT2D eigenvalue weighted by Crippen LogP contribution is 2.33. The minimum atomic E-state index is -3.45. The average molecular weight is 291 g/mol. The molecule has 1 saturated heterocycles. The van der Waals surface area contributed by atoms with Crippen LogP contribution in [0.4, 0.5) is 0 Å². The smallest absolute Gasteiger partial charge is 0.243 e. The van der Waals surface area contributed by atoms with Gasteiger partial charge in [0.2, 0.25) is 10.0 Å². The third kappa shape index (κ3) is 2.31. The van der Waals surface area contributed by atoms with Crippen LogP contribution in [0.5, 0.6) is 0 Å². The van der Waals surface area contributed by atoms with Gasteiger partial charge in [-0.15, -0.1) is 0 Å². The summed E-state index contributed by atoms with van der Waals surface area (Å²) < 4.78 is 26.6. The van der Waals surface area contributed by atoms with Gasteiger partial charge in [-0.2, -0.15) is 4.31 Å². The van der Waals surface area contributed by atoms with E-state index >= 15 is 0 Å². The summed E-state index contributed by atoms with van der Waals surface area (Å²) in [5, 5.41) is 0. The Morgan fingerprint density at radius 1 is 1.20 bits per heavy atom. The molecule has 1 aliphatic heterocycles. The molecule has 1 fully saturated rings. The lowest BCUT2D eigenvalue weighted by molar-refractivity contribution is -0.114. The number of aryl methyl sites for hydroxylation is 1. The molecular weight excluding hydrogens is 274 g/mol. The molecule has 3 rings (SSSR count). The first-order valence-corrected chi connectivity index (χ1v) is 8.21. The number of fused-ring (bicyclic) bond motifs is 1. The molecule has 1 atom stereocenters. The fourth-order valence-corrected chi connectivity index (χ4v) is 4.31. The first-order chi connectivity index (χ1) is 9.46. The van der Waals surface area contributed by atoms with Gasteiger partial charge in [0.1, 0.15) is 0 Å². The fraction of sp³-hybridized carbons (Fsp3) is 0.400. The van der Waals surface area contributed by atoms with E-state index in [9.17, 15) is 13.2 Å². The molecule has 0 N–H and O–H groups in total. The van der Waals surface area contributed by atoms with Gasteiger partial charge in [-0.05, 0) is 43.0 Å². The summed E-state index contributed by atoms with van der Waals surface area (Å²) in [6.07, 6.45) is 2.91. The second-order valence-electron chi connectivity index (χ2n) is 5.53. The van der Waals surface area contributed by atoms with Crippen molar-refractivity contribution in [3.8, 4) is 0 Å². The summed E-state index contributed by atoms with van der Waals surface area (Å²) >= 11 is 0. The van der Waals surface area contributed by atoms with E-state index in [-0.39, 0.29) is 11.7 Å². The third-order valence-electron chi connectivity index (χ3n) is 4.06. The molecule has 0 aromatic heterocycles. The Hall–Kier alpha value is -1.46. The van der Waals surface area contributed by atoms with Gasteiger partial charge in [0, 0.05) is 19.5 Å². The zero-order valence-electron chi connectivity index (χ0n) is 11.4. The van der Waals surface area contributed by atoms with Crippen LogP contribution < -0.4 is 0 Å². The molecule has 1 aliphatic carbocycles. The van der Waals surface area contributed by atoms with E-state index in [1.807, 2.05) is 6.92 Å². The molecule has 20 heavy (non-hydrogen) atoms. The van der Waals surface area contributed by atoms with Crippen molar-refractivity contribution in [2.45, 2.75) is 24.7 Å². The first kappa shape index (κ1) is 13.5. The van der Waals surface area contributed by atoms with Crippen LogP contribution in [0.25, 0.3) is 0 Å². The van der Waals surface area contributed by atoms with Gasteiger partial charge in [0.05, 0.1) is 4.90 Å². The van der Waals surface area contributed by atoms with Crippen LogP contribution in [0.1, 0.15) is 18.4 Å². The van der Waals surface area contributed by atoms with Gasteiger partial charge in [0.25, 0.3) is 0 Å². The maximum Gasteiger partial charge on any atom is 0.243 e. The number of carbonyl (C=O) groups excluding carboxylic acids is 1. The van der Waals surface area contributed by atoms with Crippen LogP contribution in [0.3, 0.4) is 0 Å². The van der Waals surface area contributed by atoms with Crippen molar-refractivity contribution in [2.75, 3.05) is 13.1 Å². The zero-order chi connectivity index (χ0) is 14.3. The maximum atomic E-state index is 12.6. The van der Waals surface area contributed by atoms with Gasteiger partial charge in [-0.3, -0.25) is 4.79 Å². The number of sulfonamides is 1. The Kier molecular flexibility index (Phi) is 3.26. The van der Waals surface area contributed by atoms with Crippen molar-refractivity contribution in [1.82, 2.24) is 4.31 Å². The summed E-state index contributed by atoms with van der Waals surface area (Å²) in [5.74, 6) is 0.381. The summed E-state index contributed by atoms with van der Waals surface area (Å²) in [7, 11) is -3.45. The molecule has 5 heteroatoms. The van der Waals surface area contributed by atoms with E-state index < -0.39 is 10.0 Å². The number of carbonyl (C=O) groups is 1. The lowest BCUT2D eigenvalue weighted by Gasteiger charge is -2.30. The quantitative estimate of drug-likeness (QED) is 0.836. The Morgan fingerprint density at radius 2 is 1.90 bits per heavy atom. The largest absolute Gasteiger partial charge is 0.295 e. The molecule has 0 radical (unpaired) electrons. The van der Waals surface area contributed by atoms with Crippen molar-refractivity contribution in [3.63, 3.8) is 0 Å². The van der Waals surface area contributed by atoms with E-state index in [0.29, 0.717) is 24.4 Å². The van der Waals surface area contributed by atoms with Crippen LogP contribution in [-0.2, 0) is 14.8 Å². The van der Waals surface area contributed by atoms with Gasteiger partial charge in [-0.1, -0.05) is 17.7 Å². The molecule has 1 aromatic carbocycles. The minimum absolute atomic E-state index is 0.125. The van der Waals surface area contributed by atoms with E-state index in [4.69, 9.17) is 0 Å². The van der Waals surface area contributed by atoms with Crippen LogP contribution in [0, 0.1) is 12.8 Å². The summed E-state index contributed by atoms with van der Waals surface area (Å²) in [6, 6.07) is 6.89. The second-order valence-corrected chi connectivity index (χ2v) is 7.46. The van der Waals surface area contributed by atoms with E-state index in [1.54, 1.807) is 30.3 Å². The Morgan fingerprint density at radius 3 is 2.60 bits per heavy atom. The standard InChI is InChI=1S/C15H17NO3S/c1-11-2-4-15(5-3-11)20(18,19)16-7-6-12-8-14(17)9-13(12)10-16/h2-5,9,12H,6-8,10H2,1H3. The van der Waals surface area contributed by atoms with Gasteiger partial charge < -0.3 is 0 Å². The number of ketones is 1. The lowest BCUT2D eigenvalue weighted by Crippen LogP contribution is -2.39. The maximum absolute atomic E-state index is 12.6. The summed E-state index contributed by atoms with van der Waals surface area (Å²) in [5.41, 5.74) is 2.00.